The molecular formula is C27H24N2O5S. The third-order valence-electron chi connectivity index (χ3n) is 4.98. The molecule has 0 radical (unpaired) electrons. The summed E-state index contributed by atoms with van der Waals surface area (Å²) < 4.78 is 10.2. The number of carbonyl (C=O) groups excluding carboxylic acids is 3. The molecule has 0 fully saturated rings. The Morgan fingerprint density at radius 1 is 1.06 bits per heavy atom. The molecule has 1 heterocycles. The number of hydrogen-bond donors (Lipinski definition) is 1. The zero-order chi connectivity index (χ0) is 25.5. The normalized spacial score (nSPS) is 11.0. The van der Waals surface area contributed by atoms with Gasteiger partial charge in [0.25, 0.3) is 5.91 Å². The van der Waals surface area contributed by atoms with Crippen LogP contribution < -0.4 is 10.1 Å². The quantitative estimate of drug-likeness (QED) is 0.197. The fourth-order valence-electron chi connectivity index (χ4n) is 3.06. The van der Waals surface area contributed by atoms with Crippen LogP contribution in [0.4, 0.5) is 5.00 Å². The molecule has 0 aliphatic carbocycles. The molecule has 8 heteroatoms. The Morgan fingerprint density at radius 3 is 2.40 bits per heavy atom. The molecule has 35 heavy (non-hydrogen) atoms. The third-order valence-corrected chi connectivity index (χ3v) is 6.34. The smallest absolute Gasteiger partial charge is 0.343 e. The minimum Gasteiger partial charge on any atom is -0.465 e. The predicted octanol–water partition coefficient (Wildman–Crippen LogP) is 5.73. The summed E-state index contributed by atoms with van der Waals surface area (Å²) in [6, 6.07) is 17.0. The Hall–Kier alpha value is -4.22. The summed E-state index contributed by atoms with van der Waals surface area (Å²) in [5.74, 6) is -1.34. The molecule has 0 spiro atoms. The Labute approximate surface area is 207 Å². The van der Waals surface area contributed by atoms with Gasteiger partial charge in [0.2, 0.25) is 0 Å². The van der Waals surface area contributed by atoms with Crippen molar-refractivity contribution in [1.82, 2.24) is 0 Å². The van der Waals surface area contributed by atoms with E-state index in [0.29, 0.717) is 16.1 Å². The molecule has 0 saturated heterocycles. The van der Waals surface area contributed by atoms with E-state index in [1.165, 1.54) is 24.5 Å². The first-order valence-electron chi connectivity index (χ1n) is 10.8. The number of amides is 1. The standard InChI is InChI=1S/C27H24N2O5S/c1-16(2)23-14-22(27(32)33-4)25(35-23)29-24(30)20(15-28)12-18-6-5-7-21(13-18)34-26(31)19-10-8-17(3)9-11-19/h5-14,16H,1-4H3,(H,29,30)/b20-12+. The van der Waals surface area contributed by atoms with Crippen LogP contribution in [0.15, 0.2) is 60.2 Å². The van der Waals surface area contributed by atoms with E-state index in [-0.39, 0.29) is 22.8 Å². The van der Waals surface area contributed by atoms with Crippen LogP contribution in [-0.4, -0.2) is 25.0 Å². The highest BCUT2D eigenvalue weighted by Crippen LogP contribution is 2.33. The second kappa shape index (κ2) is 11.3. The van der Waals surface area contributed by atoms with Crippen LogP contribution in [0.2, 0.25) is 0 Å². The molecule has 0 saturated carbocycles. The van der Waals surface area contributed by atoms with Gasteiger partial charge in [0.15, 0.2) is 0 Å². The number of nitrogens with one attached hydrogen (secondary N) is 1. The average molecular weight is 489 g/mol. The lowest BCUT2D eigenvalue weighted by atomic mass is 10.1. The first kappa shape index (κ1) is 25.4. The topological polar surface area (TPSA) is 105 Å². The Bertz CT molecular complexity index is 1330. The van der Waals surface area contributed by atoms with E-state index >= 15 is 0 Å². The summed E-state index contributed by atoms with van der Waals surface area (Å²) in [5.41, 5.74) is 1.98. The summed E-state index contributed by atoms with van der Waals surface area (Å²) in [7, 11) is 1.26. The largest absolute Gasteiger partial charge is 0.465 e. The number of rotatable bonds is 7. The number of benzene rings is 2. The van der Waals surface area contributed by atoms with Crippen molar-refractivity contribution < 1.29 is 23.9 Å². The van der Waals surface area contributed by atoms with Crippen LogP contribution >= 0.6 is 11.3 Å². The third kappa shape index (κ3) is 6.43. The van der Waals surface area contributed by atoms with Gasteiger partial charge in [-0.2, -0.15) is 5.26 Å². The summed E-state index contributed by atoms with van der Waals surface area (Å²) in [6.07, 6.45) is 1.38. The van der Waals surface area contributed by atoms with Crippen LogP contribution in [0.1, 0.15) is 56.5 Å². The number of anilines is 1. The van der Waals surface area contributed by atoms with Gasteiger partial charge >= 0.3 is 11.9 Å². The molecule has 0 bridgehead atoms. The van der Waals surface area contributed by atoms with E-state index < -0.39 is 17.8 Å². The number of carbonyl (C=O) groups is 3. The van der Waals surface area contributed by atoms with Gasteiger partial charge in [-0.3, -0.25) is 4.79 Å². The zero-order valence-corrected chi connectivity index (χ0v) is 20.6. The van der Waals surface area contributed by atoms with E-state index in [0.717, 1.165) is 10.4 Å². The van der Waals surface area contributed by atoms with Crippen molar-refractivity contribution in [2.75, 3.05) is 12.4 Å². The van der Waals surface area contributed by atoms with Crippen LogP contribution in [0, 0.1) is 18.3 Å². The summed E-state index contributed by atoms with van der Waals surface area (Å²) in [6.45, 7) is 5.86. The van der Waals surface area contributed by atoms with Gasteiger partial charge in [0.05, 0.1) is 18.2 Å². The minimum absolute atomic E-state index is 0.144. The maximum absolute atomic E-state index is 12.8. The van der Waals surface area contributed by atoms with Crippen molar-refractivity contribution >= 4 is 40.3 Å². The van der Waals surface area contributed by atoms with Gasteiger partial charge in [0, 0.05) is 4.88 Å². The molecule has 0 aliphatic heterocycles. The number of hydrogen-bond acceptors (Lipinski definition) is 7. The number of esters is 2. The van der Waals surface area contributed by atoms with Crippen molar-refractivity contribution in [3.05, 3.63) is 87.3 Å². The molecule has 3 aromatic rings. The molecule has 1 N–H and O–H groups in total. The first-order chi connectivity index (χ1) is 16.7. The molecule has 0 atom stereocenters. The highest BCUT2D eigenvalue weighted by Gasteiger charge is 2.21. The molecule has 7 nitrogen and oxygen atoms in total. The van der Waals surface area contributed by atoms with E-state index in [4.69, 9.17) is 9.47 Å². The van der Waals surface area contributed by atoms with E-state index in [9.17, 15) is 19.6 Å². The number of thiophene rings is 1. The van der Waals surface area contributed by atoms with Gasteiger partial charge in [-0.25, -0.2) is 9.59 Å². The number of nitrogens with zero attached hydrogens (tertiary/aromatic N) is 1. The Morgan fingerprint density at radius 2 is 1.77 bits per heavy atom. The lowest BCUT2D eigenvalue weighted by molar-refractivity contribution is -0.112. The second-order valence-corrected chi connectivity index (χ2v) is 9.07. The van der Waals surface area contributed by atoms with Crippen LogP contribution in [0.3, 0.4) is 0 Å². The van der Waals surface area contributed by atoms with Crippen LogP contribution in [-0.2, 0) is 9.53 Å². The first-order valence-corrected chi connectivity index (χ1v) is 11.6. The lowest BCUT2D eigenvalue weighted by Crippen LogP contribution is -2.15. The highest BCUT2D eigenvalue weighted by atomic mass is 32.1. The lowest BCUT2D eigenvalue weighted by Gasteiger charge is -2.07. The number of nitriles is 1. The van der Waals surface area contributed by atoms with Gasteiger partial charge in [0.1, 0.15) is 22.4 Å². The SMILES string of the molecule is COC(=O)c1cc(C(C)C)sc1NC(=O)/C(C#N)=C/c1cccc(OC(=O)c2ccc(C)cc2)c1. The van der Waals surface area contributed by atoms with E-state index in [1.54, 1.807) is 42.5 Å². The average Bonchev–Trinajstić information content (AvgIpc) is 3.26. The number of ether oxygens (including phenoxy) is 2. The van der Waals surface area contributed by atoms with Gasteiger partial charge in [-0.1, -0.05) is 43.7 Å². The monoisotopic (exact) mass is 488 g/mol. The zero-order valence-electron chi connectivity index (χ0n) is 19.7. The Kier molecular flexibility index (Phi) is 8.18. The molecule has 1 aromatic heterocycles. The summed E-state index contributed by atoms with van der Waals surface area (Å²) in [5, 5.41) is 12.5. The van der Waals surface area contributed by atoms with Gasteiger partial charge in [-0.15, -0.1) is 11.3 Å². The maximum atomic E-state index is 12.8. The molecule has 0 unspecified atom stereocenters. The fraction of sp³-hybridized carbons (Fsp3) is 0.185. The van der Waals surface area contributed by atoms with Crippen molar-refractivity contribution in [2.45, 2.75) is 26.7 Å². The highest BCUT2D eigenvalue weighted by molar-refractivity contribution is 7.16. The molecule has 3 rings (SSSR count). The summed E-state index contributed by atoms with van der Waals surface area (Å²) in [4.78, 5) is 38.3. The molecule has 1 amide bonds. The van der Waals surface area contributed by atoms with Crippen molar-refractivity contribution in [3.8, 4) is 11.8 Å². The number of aryl methyl sites for hydroxylation is 1. The molecule has 178 valence electrons. The predicted molar refractivity (Wildman–Crippen MR) is 135 cm³/mol. The second-order valence-electron chi connectivity index (χ2n) is 7.99. The van der Waals surface area contributed by atoms with E-state index in [2.05, 4.69) is 5.32 Å². The van der Waals surface area contributed by atoms with E-state index in [1.807, 2.05) is 39.0 Å². The van der Waals surface area contributed by atoms with Gasteiger partial charge in [-0.05, 0) is 54.8 Å². The Balaban J connectivity index is 1.80. The number of methoxy groups -OCH3 is 1. The minimum atomic E-state index is -0.670. The molecule has 0 aliphatic rings. The van der Waals surface area contributed by atoms with Crippen molar-refractivity contribution in [2.24, 2.45) is 0 Å². The van der Waals surface area contributed by atoms with Crippen molar-refractivity contribution in [3.63, 3.8) is 0 Å². The maximum Gasteiger partial charge on any atom is 0.343 e. The van der Waals surface area contributed by atoms with Crippen LogP contribution in [0.5, 0.6) is 5.75 Å². The molecule has 2 aromatic carbocycles. The van der Waals surface area contributed by atoms with Crippen LogP contribution in [0.25, 0.3) is 6.08 Å². The van der Waals surface area contributed by atoms with Crippen molar-refractivity contribution in [1.29, 1.82) is 5.26 Å². The summed E-state index contributed by atoms with van der Waals surface area (Å²) >= 11 is 1.25. The molecular weight excluding hydrogens is 464 g/mol. The van der Waals surface area contributed by atoms with Gasteiger partial charge < -0.3 is 14.8 Å². The fourth-order valence-corrected chi connectivity index (χ4v) is 4.10.